The number of fused-ring (bicyclic) bond motifs is 4. The second kappa shape index (κ2) is 9.29. The van der Waals surface area contributed by atoms with Crippen LogP contribution in [0.5, 0.6) is 5.75 Å². The zero-order valence-corrected chi connectivity index (χ0v) is 21.9. The largest absolute Gasteiger partial charge is 0.492 e. The monoisotopic (exact) mass is 527 g/mol. The number of likely N-dealkylation sites (tertiary alicyclic amines) is 1. The molecule has 0 radical (unpaired) electrons. The van der Waals surface area contributed by atoms with E-state index in [0.29, 0.717) is 0 Å². The van der Waals surface area contributed by atoms with Crippen LogP contribution in [0.1, 0.15) is 29.5 Å². The molecule has 5 aromatic rings. The van der Waals surface area contributed by atoms with Crippen molar-refractivity contribution in [2.24, 2.45) is 0 Å². The number of hydrogen-bond donors (Lipinski definition) is 0. The van der Waals surface area contributed by atoms with Gasteiger partial charge in [0.05, 0.1) is 5.52 Å². The standard InChI is InChI=1S/C30H30BrN3O/c1-20-27-18-32-12-11-25(27)21(2)30-29(20)26-17-23(31)7-10-28(26)34(30)19-22-5-8-24(9-6-22)35-16-15-33-13-3-4-14-33/h5-12,17-18H,3-4,13-16,19H2,1-2H3. The van der Waals surface area contributed by atoms with Crippen molar-refractivity contribution >= 4 is 48.5 Å². The van der Waals surface area contributed by atoms with Crippen LogP contribution in [0, 0.1) is 13.8 Å². The van der Waals surface area contributed by atoms with Gasteiger partial charge >= 0.3 is 0 Å². The minimum Gasteiger partial charge on any atom is -0.492 e. The normalized spacial score (nSPS) is 14.5. The van der Waals surface area contributed by atoms with E-state index in [2.05, 4.69) is 92.8 Å². The molecular formula is C30H30BrN3O. The maximum absolute atomic E-state index is 6.04. The Labute approximate surface area is 214 Å². The van der Waals surface area contributed by atoms with Crippen molar-refractivity contribution in [1.29, 1.82) is 0 Å². The van der Waals surface area contributed by atoms with Crippen LogP contribution in [-0.4, -0.2) is 40.7 Å². The van der Waals surface area contributed by atoms with Gasteiger partial charge in [-0.1, -0.05) is 28.1 Å². The number of aryl methyl sites for hydroxylation is 2. The Morgan fingerprint density at radius 1 is 0.914 bits per heavy atom. The van der Waals surface area contributed by atoms with Crippen molar-refractivity contribution in [1.82, 2.24) is 14.5 Å². The fourth-order valence-electron chi connectivity index (χ4n) is 5.72. The summed E-state index contributed by atoms with van der Waals surface area (Å²) in [6.07, 6.45) is 6.54. The quantitative estimate of drug-likeness (QED) is 0.233. The van der Waals surface area contributed by atoms with Crippen LogP contribution < -0.4 is 4.74 Å². The Morgan fingerprint density at radius 3 is 2.51 bits per heavy atom. The second-order valence-electron chi connectivity index (χ2n) is 9.68. The molecule has 0 saturated carbocycles. The lowest BCUT2D eigenvalue weighted by molar-refractivity contribution is 0.238. The van der Waals surface area contributed by atoms with Gasteiger partial charge in [-0.15, -0.1) is 0 Å². The van der Waals surface area contributed by atoms with Gasteiger partial charge in [-0.25, -0.2) is 0 Å². The average molecular weight is 528 g/mol. The van der Waals surface area contributed by atoms with Crippen molar-refractivity contribution < 1.29 is 4.74 Å². The van der Waals surface area contributed by atoms with E-state index in [4.69, 9.17) is 4.74 Å². The predicted octanol–water partition coefficient (Wildman–Crippen LogP) is 7.24. The molecule has 5 heteroatoms. The van der Waals surface area contributed by atoms with Crippen LogP contribution in [0.25, 0.3) is 32.6 Å². The Bertz CT molecular complexity index is 1530. The number of rotatable bonds is 6. The third-order valence-corrected chi connectivity index (χ3v) is 8.02. The smallest absolute Gasteiger partial charge is 0.119 e. The van der Waals surface area contributed by atoms with E-state index in [1.54, 1.807) is 0 Å². The highest BCUT2D eigenvalue weighted by Gasteiger charge is 2.19. The molecule has 3 aromatic carbocycles. The summed E-state index contributed by atoms with van der Waals surface area (Å²) in [5, 5.41) is 5.10. The lowest BCUT2D eigenvalue weighted by Crippen LogP contribution is -2.25. The van der Waals surface area contributed by atoms with Crippen LogP contribution in [0.15, 0.2) is 65.4 Å². The highest BCUT2D eigenvalue weighted by molar-refractivity contribution is 9.10. The molecule has 1 fully saturated rings. The van der Waals surface area contributed by atoms with Gasteiger partial charge in [0.25, 0.3) is 0 Å². The Kier molecular flexibility index (Phi) is 5.99. The van der Waals surface area contributed by atoms with Crippen molar-refractivity contribution in [3.8, 4) is 5.75 Å². The van der Waals surface area contributed by atoms with Gasteiger partial charge in [0.2, 0.25) is 0 Å². The van der Waals surface area contributed by atoms with E-state index in [0.717, 1.165) is 29.9 Å². The molecule has 6 rings (SSSR count). The Hall–Kier alpha value is -2.89. The molecule has 1 saturated heterocycles. The van der Waals surface area contributed by atoms with Crippen molar-refractivity contribution in [3.63, 3.8) is 0 Å². The number of benzene rings is 3. The third-order valence-electron chi connectivity index (χ3n) is 7.52. The SMILES string of the molecule is Cc1c2cnccc2c(C)c2c1c1cc(Br)ccc1n2Cc1ccc(OCCN2CCCC2)cc1. The first-order valence-electron chi connectivity index (χ1n) is 12.5. The summed E-state index contributed by atoms with van der Waals surface area (Å²) in [4.78, 5) is 6.90. The molecule has 0 aliphatic carbocycles. The first kappa shape index (κ1) is 22.6. The fourth-order valence-corrected chi connectivity index (χ4v) is 6.08. The van der Waals surface area contributed by atoms with Gasteiger partial charge in [0.15, 0.2) is 0 Å². The number of hydrogen-bond acceptors (Lipinski definition) is 3. The van der Waals surface area contributed by atoms with Gasteiger partial charge in [-0.2, -0.15) is 0 Å². The Morgan fingerprint density at radius 2 is 1.71 bits per heavy atom. The molecule has 0 N–H and O–H groups in total. The summed E-state index contributed by atoms with van der Waals surface area (Å²) in [7, 11) is 0. The third kappa shape index (κ3) is 4.11. The summed E-state index contributed by atoms with van der Waals surface area (Å²) >= 11 is 3.70. The number of halogens is 1. The molecule has 0 amide bonds. The summed E-state index contributed by atoms with van der Waals surface area (Å²) in [6, 6.07) is 17.4. The molecule has 0 unspecified atom stereocenters. The van der Waals surface area contributed by atoms with Gasteiger partial charge in [0, 0.05) is 51.6 Å². The minimum absolute atomic E-state index is 0.751. The lowest BCUT2D eigenvalue weighted by atomic mass is 9.97. The topological polar surface area (TPSA) is 30.3 Å². The summed E-state index contributed by atoms with van der Waals surface area (Å²) in [6.45, 7) is 9.47. The maximum atomic E-state index is 6.04. The summed E-state index contributed by atoms with van der Waals surface area (Å²) < 4.78 is 9.61. The predicted molar refractivity (Wildman–Crippen MR) is 149 cm³/mol. The molecule has 35 heavy (non-hydrogen) atoms. The van der Waals surface area contributed by atoms with Crippen LogP contribution in [0.3, 0.4) is 0 Å². The number of ether oxygens (including phenoxy) is 1. The molecule has 0 atom stereocenters. The van der Waals surface area contributed by atoms with Crippen LogP contribution >= 0.6 is 15.9 Å². The maximum Gasteiger partial charge on any atom is 0.119 e. The average Bonchev–Trinajstić information content (AvgIpc) is 3.50. The summed E-state index contributed by atoms with van der Waals surface area (Å²) in [5.41, 5.74) is 6.42. The molecule has 1 aliphatic rings. The molecule has 0 bridgehead atoms. The Balaban J connectivity index is 1.37. The molecule has 178 valence electrons. The van der Waals surface area contributed by atoms with Gasteiger partial charge in [-0.05, 0) is 98.3 Å². The van der Waals surface area contributed by atoms with E-state index in [1.165, 1.54) is 75.2 Å². The molecule has 3 heterocycles. The second-order valence-corrected chi connectivity index (χ2v) is 10.6. The highest BCUT2D eigenvalue weighted by atomic mass is 79.9. The van der Waals surface area contributed by atoms with Crippen LogP contribution in [0.4, 0.5) is 0 Å². The molecule has 0 spiro atoms. The number of pyridine rings is 1. The van der Waals surface area contributed by atoms with E-state index in [-0.39, 0.29) is 0 Å². The van der Waals surface area contributed by atoms with Crippen molar-refractivity contribution in [3.05, 3.63) is 82.1 Å². The van der Waals surface area contributed by atoms with Crippen molar-refractivity contribution in [2.75, 3.05) is 26.2 Å². The van der Waals surface area contributed by atoms with Crippen LogP contribution in [0.2, 0.25) is 0 Å². The van der Waals surface area contributed by atoms with E-state index >= 15 is 0 Å². The van der Waals surface area contributed by atoms with E-state index < -0.39 is 0 Å². The first-order chi connectivity index (χ1) is 17.1. The summed E-state index contributed by atoms with van der Waals surface area (Å²) in [5.74, 6) is 0.949. The van der Waals surface area contributed by atoms with Gasteiger partial charge in [0.1, 0.15) is 12.4 Å². The zero-order chi connectivity index (χ0) is 23.9. The number of nitrogens with zero attached hydrogens (tertiary/aromatic N) is 3. The lowest BCUT2D eigenvalue weighted by Gasteiger charge is -2.15. The van der Waals surface area contributed by atoms with E-state index in [1.807, 2.05) is 12.4 Å². The molecule has 1 aliphatic heterocycles. The molecular weight excluding hydrogens is 498 g/mol. The van der Waals surface area contributed by atoms with Crippen molar-refractivity contribution in [2.45, 2.75) is 33.2 Å². The first-order valence-corrected chi connectivity index (χ1v) is 13.3. The molecule has 2 aromatic heterocycles. The van der Waals surface area contributed by atoms with Gasteiger partial charge in [-0.3, -0.25) is 9.88 Å². The fraction of sp³-hybridized carbons (Fsp3) is 0.300. The van der Waals surface area contributed by atoms with E-state index in [9.17, 15) is 0 Å². The highest BCUT2D eigenvalue weighted by Crippen LogP contribution is 2.39. The minimum atomic E-state index is 0.751. The van der Waals surface area contributed by atoms with Crippen LogP contribution in [-0.2, 0) is 6.54 Å². The number of aromatic nitrogens is 2. The van der Waals surface area contributed by atoms with Gasteiger partial charge < -0.3 is 9.30 Å². The zero-order valence-electron chi connectivity index (χ0n) is 20.4. The molecule has 4 nitrogen and oxygen atoms in total.